The minimum absolute atomic E-state index is 0.0173. The number of nitrogens with one attached hydrogen (secondary N) is 1. The van der Waals surface area contributed by atoms with Crippen LogP contribution in [0.5, 0.6) is 0 Å². The lowest BCUT2D eigenvalue weighted by molar-refractivity contribution is -0.121. The van der Waals surface area contributed by atoms with E-state index in [-0.39, 0.29) is 42.5 Å². The van der Waals surface area contributed by atoms with Gasteiger partial charge in [-0.3, -0.25) is 4.79 Å². The molecule has 8 heteroatoms. The summed E-state index contributed by atoms with van der Waals surface area (Å²) in [5.74, 6) is -0.234. The molecule has 0 unspecified atom stereocenters. The second-order valence-electron chi connectivity index (χ2n) is 6.76. The van der Waals surface area contributed by atoms with Crippen molar-refractivity contribution < 1.29 is 22.4 Å². The molecule has 2 heterocycles. The minimum atomic E-state index is -0.739. The second-order valence-corrected chi connectivity index (χ2v) is 7.20. The highest BCUT2D eigenvalue weighted by Crippen LogP contribution is 2.27. The van der Waals surface area contributed by atoms with Gasteiger partial charge in [0, 0.05) is 23.4 Å². The molecule has 158 valence electrons. The monoisotopic (exact) mass is 442 g/mol. The summed E-state index contributed by atoms with van der Waals surface area (Å²) in [6.07, 6.45) is 1.54. The number of carbonyl (C=O) groups is 1. The van der Waals surface area contributed by atoms with Crippen LogP contribution in [0.1, 0.15) is 18.1 Å². The van der Waals surface area contributed by atoms with Crippen LogP contribution in [0.3, 0.4) is 0 Å². The zero-order chi connectivity index (χ0) is 21.8. The SMILES string of the molecule is O=C(CCc1ncc(-c2c(F)cccc2F)o1)NCc1ccc(-c2ccc(Cl)cc2)o1. The van der Waals surface area contributed by atoms with Gasteiger partial charge in [0.25, 0.3) is 0 Å². The van der Waals surface area contributed by atoms with Gasteiger partial charge < -0.3 is 14.2 Å². The molecule has 1 N–H and O–H groups in total. The minimum Gasteiger partial charge on any atom is -0.459 e. The summed E-state index contributed by atoms with van der Waals surface area (Å²) in [5, 5.41) is 3.40. The number of aryl methyl sites for hydroxylation is 1. The van der Waals surface area contributed by atoms with E-state index in [1.165, 1.54) is 12.3 Å². The molecule has 2 aromatic carbocycles. The van der Waals surface area contributed by atoms with Crippen LogP contribution in [0.15, 0.2) is 69.6 Å². The highest BCUT2D eigenvalue weighted by molar-refractivity contribution is 6.30. The van der Waals surface area contributed by atoms with Crippen molar-refractivity contribution in [2.45, 2.75) is 19.4 Å². The van der Waals surface area contributed by atoms with Crippen LogP contribution >= 0.6 is 11.6 Å². The van der Waals surface area contributed by atoms with Gasteiger partial charge in [-0.1, -0.05) is 17.7 Å². The fourth-order valence-electron chi connectivity index (χ4n) is 3.01. The summed E-state index contributed by atoms with van der Waals surface area (Å²) in [4.78, 5) is 16.1. The lowest BCUT2D eigenvalue weighted by Crippen LogP contribution is -2.22. The van der Waals surface area contributed by atoms with Gasteiger partial charge >= 0.3 is 0 Å². The number of amides is 1. The molecule has 31 heavy (non-hydrogen) atoms. The van der Waals surface area contributed by atoms with Crippen LogP contribution in [0, 0.1) is 11.6 Å². The first-order chi connectivity index (χ1) is 15.0. The van der Waals surface area contributed by atoms with Crippen molar-refractivity contribution in [3.05, 3.63) is 89.1 Å². The summed E-state index contributed by atoms with van der Waals surface area (Å²) in [7, 11) is 0. The number of nitrogens with zero attached hydrogens (tertiary/aromatic N) is 1. The molecule has 0 saturated heterocycles. The van der Waals surface area contributed by atoms with E-state index in [9.17, 15) is 13.6 Å². The lowest BCUT2D eigenvalue weighted by Gasteiger charge is -2.03. The van der Waals surface area contributed by atoms with Gasteiger partial charge in [-0.15, -0.1) is 0 Å². The Kier molecular flexibility index (Phi) is 6.13. The zero-order valence-corrected chi connectivity index (χ0v) is 17.0. The summed E-state index contributed by atoms with van der Waals surface area (Å²) >= 11 is 5.89. The first-order valence-corrected chi connectivity index (χ1v) is 9.88. The molecule has 0 bridgehead atoms. The van der Waals surface area contributed by atoms with Crippen molar-refractivity contribution in [2.75, 3.05) is 0 Å². The third-order valence-corrected chi connectivity index (χ3v) is 4.83. The molecular formula is C23H17ClF2N2O3. The maximum Gasteiger partial charge on any atom is 0.220 e. The molecule has 2 aromatic heterocycles. The van der Waals surface area contributed by atoms with E-state index in [0.29, 0.717) is 16.5 Å². The Balaban J connectivity index is 1.29. The summed E-state index contributed by atoms with van der Waals surface area (Å²) in [6, 6.07) is 14.4. The Labute approximate surface area is 181 Å². The van der Waals surface area contributed by atoms with Crippen LogP contribution in [0.25, 0.3) is 22.6 Å². The molecule has 5 nitrogen and oxygen atoms in total. The number of hydrogen-bond acceptors (Lipinski definition) is 4. The molecule has 0 saturated carbocycles. The third kappa shape index (κ3) is 5.00. The molecule has 4 aromatic rings. The van der Waals surface area contributed by atoms with Crippen molar-refractivity contribution in [1.82, 2.24) is 10.3 Å². The summed E-state index contributed by atoms with van der Waals surface area (Å²) in [6.45, 7) is 0.226. The second kappa shape index (κ2) is 9.14. The molecule has 0 aliphatic rings. The van der Waals surface area contributed by atoms with Crippen molar-refractivity contribution >= 4 is 17.5 Å². The van der Waals surface area contributed by atoms with Crippen LogP contribution in [-0.4, -0.2) is 10.9 Å². The first kappa shape index (κ1) is 20.8. The van der Waals surface area contributed by atoms with E-state index in [1.807, 2.05) is 18.2 Å². The number of rotatable bonds is 7. The maximum absolute atomic E-state index is 13.8. The maximum atomic E-state index is 13.8. The Morgan fingerprint density at radius 2 is 1.71 bits per heavy atom. The van der Waals surface area contributed by atoms with Gasteiger partial charge in [-0.05, 0) is 48.5 Å². The molecule has 0 radical (unpaired) electrons. The molecule has 0 atom stereocenters. The topological polar surface area (TPSA) is 68.3 Å². The quantitative estimate of drug-likeness (QED) is 0.394. The summed E-state index contributed by atoms with van der Waals surface area (Å²) in [5.41, 5.74) is 0.605. The molecule has 1 amide bonds. The Morgan fingerprint density at radius 1 is 0.968 bits per heavy atom. The molecule has 0 fully saturated rings. The number of benzene rings is 2. The molecule has 0 spiro atoms. The van der Waals surface area contributed by atoms with E-state index >= 15 is 0 Å². The molecular weight excluding hydrogens is 426 g/mol. The van der Waals surface area contributed by atoms with Crippen LogP contribution < -0.4 is 5.32 Å². The normalized spacial score (nSPS) is 10.9. The third-order valence-electron chi connectivity index (χ3n) is 4.58. The molecule has 4 rings (SSSR count). The smallest absolute Gasteiger partial charge is 0.220 e. The standard InChI is InChI=1S/C23H17ClF2N2O3/c24-15-6-4-14(5-7-15)19-9-8-16(30-19)12-27-21(29)10-11-22-28-13-20(31-22)23-17(25)2-1-3-18(23)26/h1-9,13H,10-12H2,(H,27,29). The van der Waals surface area contributed by atoms with Crippen molar-refractivity contribution in [1.29, 1.82) is 0 Å². The largest absolute Gasteiger partial charge is 0.459 e. The van der Waals surface area contributed by atoms with E-state index in [1.54, 1.807) is 18.2 Å². The van der Waals surface area contributed by atoms with E-state index in [4.69, 9.17) is 20.4 Å². The highest BCUT2D eigenvalue weighted by atomic mass is 35.5. The highest BCUT2D eigenvalue weighted by Gasteiger charge is 2.16. The average Bonchev–Trinajstić information content (AvgIpc) is 3.41. The number of halogens is 3. The van der Waals surface area contributed by atoms with Gasteiger partial charge in [0.05, 0.1) is 18.3 Å². The van der Waals surface area contributed by atoms with Crippen molar-refractivity contribution in [3.63, 3.8) is 0 Å². The Morgan fingerprint density at radius 3 is 2.45 bits per heavy atom. The fraction of sp³-hybridized carbons (Fsp3) is 0.130. The number of carbonyl (C=O) groups excluding carboxylic acids is 1. The van der Waals surface area contributed by atoms with Crippen molar-refractivity contribution in [3.8, 4) is 22.6 Å². The summed E-state index contributed by atoms with van der Waals surface area (Å²) < 4.78 is 38.8. The Bertz CT molecular complexity index is 1180. The lowest BCUT2D eigenvalue weighted by atomic mass is 10.1. The van der Waals surface area contributed by atoms with Gasteiger partial charge in [-0.25, -0.2) is 13.8 Å². The predicted molar refractivity (Wildman–Crippen MR) is 111 cm³/mol. The average molecular weight is 443 g/mol. The van der Waals surface area contributed by atoms with E-state index in [2.05, 4.69) is 10.3 Å². The number of oxazole rings is 1. The Hall–Kier alpha value is -3.45. The molecule has 0 aliphatic carbocycles. The van der Waals surface area contributed by atoms with E-state index < -0.39 is 11.6 Å². The molecule has 0 aliphatic heterocycles. The van der Waals surface area contributed by atoms with Gasteiger partial charge in [-0.2, -0.15) is 0 Å². The van der Waals surface area contributed by atoms with Crippen LogP contribution in [0.4, 0.5) is 8.78 Å². The van der Waals surface area contributed by atoms with Gasteiger partial charge in [0.1, 0.15) is 23.2 Å². The predicted octanol–water partition coefficient (Wildman–Crippen LogP) is 5.78. The van der Waals surface area contributed by atoms with Gasteiger partial charge in [0.15, 0.2) is 11.7 Å². The van der Waals surface area contributed by atoms with Gasteiger partial charge in [0.2, 0.25) is 5.91 Å². The van der Waals surface area contributed by atoms with Crippen LogP contribution in [-0.2, 0) is 17.8 Å². The number of aromatic nitrogens is 1. The number of hydrogen-bond donors (Lipinski definition) is 1. The first-order valence-electron chi connectivity index (χ1n) is 9.50. The zero-order valence-electron chi connectivity index (χ0n) is 16.2. The fourth-order valence-corrected chi connectivity index (χ4v) is 3.14. The van der Waals surface area contributed by atoms with Crippen molar-refractivity contribution in [2.24, 2.45) is 0 Å². The van der Waals surface area contributed by atoms with E-state index in [0.717, 1.165) is 17.7 Å². The van der Waals surface area contributed by atoms with Crippen LogP contribution in [0.2, 0.25) is 5.02 Å². The number of furan rings is 1.